The highest BCUT2D eigenvalue weighted by molar-refractivity contribution is 7.61. The van der Waals surface area contributed by atoms with Gasteiger partial charge in [-0.3, -0.25) is 18.4 Å². The van der Waals surface area contributed by atoms with E-state index in [0.717, 1.165) is 13.3 Å². The summed E-state index contributed by atoms with van der Waals surface area (Å²) in [5.74, 6) is -0.792. The fraction of sp³-hybridized carbons (Fsp3) is 0.647. The van der Waals surface area contributed by atoms with Crippen LogP contribution in [0.1, 0.15) is 13.2 Å². The number of anilines is 1. The van der Waals surface area contributed by atoms with Crippen LogP contribution in [0.3, 0.4) is 0 Å². The molecule has 22 heteroatoms. The molecule has 0 bridgehead atoms. The van der Waals surface area contributed by atoms with Crippen molar-refractivity contribution in [3.63, 3.8) is 0 Å². The van der Waals surface area contributed by atoms with E-state index < -0.39 is 84.0 Å². The van der Waals surface area contributed by atoms with Crippen LogP contribution in [0.2, 0.25) is 0 Å². The molecule has 39 heavy (non-hydrogen) atoms. The van der Waals surface area contributed by atoms with Gasteiger partial charge in [-0.25, -0.2) is 24.1 Å². The number of carbonyl (C=O) groups is 1. The highest BCUT2D eigenvalue weighted by atomic mass is 31.3. The van der Waals surface area contributed by atoms with Gasteiger partial charge in [-0.2, -0.15) is 4.31 Å². The minimum atomic E-state index is -5.35. The number of aliphatic hydroxyl groups excluding tert-OH is 4. The van der Waals surface area contributed by atoms with Crippen LogP contribution in [0.25, 0.3) is 11.2 Å². The number of carbonyl (C=O) groups excluding carboxylic acids is 1. The second kappa shape index (κ2) is 11.4. The van der Waals surface area contributed by atoms with Crippen LogP contribution in [-0.2, 0) is 41.5 Å². The van der Waals surface area contributed by atoms with E-state index in [4.69, 9.17) is 15.2 Å². The highest BCUT2D eigenvalue weighted by Gasteiger charge is 2.48. The van der Waals surface area contributed by atoms with Gasteiger partial charge in [-0.05, 0) is 0 Å². The van der Waals surface area contributed by atoms with Crippen molar-refractivity contribution in [3.8, 4) is 0 Å². The number of phosphoric acid groups is 2. The van der Waals surface area contributed by atoms with Crippen molar-refractivity contribution in [2.45, 2.75) is 56.1 Å². The number of esters is 1. The number of nitrogens with zero attached hydrogens (tertiary/aromatic N) is 4. The largest absolute Gasteiger partial charge is 0.481 e. The number of nitrogens with two attached hydrogens (primary N) is 1. The Labute approximate surface area is 218 Å². The number of hydrogen-bond acceptors (Lipinski definition) is 17. The lowest BCUT2D eigenvalue weighted by atomic mass is 10.1. The number of aliphatic hydroxyl groups is 4. The quantitative estimate of drug-likeness (QED) is 0.107. The number of nitrogen functional groups attached to an aromatic ring is 1. The lowest BCUT2D eigenvalue weighted by molar-refractivity contribution is -0.170. The number of hydrogen-bond donors (Lipinski definition) is 7. The summed E-state index contributed by atoms with van der Waals surface area (Å²) in [6.45, 7) is -0.818. The minimum Gasteiger partial charge on any atom is -0.454 e. The zero-order chi connectivity index (χ0) is 28.7. The van der Waals surface area contributed by atoms with Crippen LogP contribution in [0.15, 0.2) is 12.7 Å². The zero-order valence-electron chi connectivity index (χ0n) is 19.8. The van der Waals surface area contributed by atoms with Crippen LogP contribution in [0.5, 0.6) is 0 Å². The Morgan fingerprint density at radius 3 is 2.23 bits per heavy atom. The summed E-state index contributed by atoms with van der Waals surface area (Å²) in [6.07, 6.45) is -10.0. The second-order valence-corrected chi connectivity index (χ2v) is 11.4. The lowest BCUT2D eigenvalue weighted by Crippen LogP contribution is -2.37. The topological polar surface area (TPSA) is 298 Å². The van der Waals surface area contributed by atoms with E-state index in [1.54, 1.807) is 0 Å². The molecule has 0 radical (unpaired) electrons. The van der Waals surface area contributed by atoms with E-state index in [1.165, 1.54) is 10.9 Å². The summed E-state index contributed by atoms with van der Waals surface area (Å²) in [5, 5.41) is 40.5. The van der Waals surface area contributed by atoms with Crippen molar-refractivity contribution in [3.05, 3.63) is 12.7 Å². The van der Waals surface area contributed by atoms with Crippen molar-refractivity contribution in [2.75, 3.05) is 18.9 Å². The van der Waals surface area contributed by atoms with Crippen LogP contribution in [-0.4, -0.2) is 112 Å². The van der Waals surface area contributed by atoms with Gasteiger partial charge in [0, 0.05) is 6.92 Å². The molecule has 0 aromatic carbocycles. The summed E-state index contributed by atoms with van der Waals surface area (Å²) in [4.78, 5) is 42.5. The third-order valence-corrected chi connectivity index (χ3v) is 8.23. The third-order valence-electron chi connectivity index (χ3n) is 5.62. The van der Waals surface area contributed by atoms with Gasteiger partial charge in [-0.15, -0.1) is 0 Å². The molecule has 2 aliphatic heterocycles. The predicted molar refractivity (Wildman–Crippen MR) is 121 cm³/mol. The molecule has 8 N–H and O–H groups in total. The van der Waals surface area contributed by atoms with Crippen molar-refractivity contribution in [1.29, 1.82) is 0 Å². The Morgan fingerprint density at radius 1 is 1.00 bits per heavy atom. The lowest BCUT2D eigenvalue weighted by Gasteiger charge is -2.20. The molecule has 0 spiro atoms. The van der Waals surface area contributed by atoms with Gasteiger partial charge >= 0.3 is 21.6 Å². The average molecular weight is 601 g/mol. The maximum Gasteiger partial charge on any atom is 0.481 e. The first-order valence-corrected chi connectivity index (χ1v) is 14.0. The molecule has 0 amide bonds. The SMILES string of the molecule is CC(=O)OC1C(O)O[C@H](COP(=O)(O)OP(=O)(O)OC[C@H]2O[C@@H](n3cnc4c(N)ncnc43)C(O)C2O)[C@@H]1O. The van der Waals surface area contributed by atoms with Crippen LogP contribution >= 0.6 is 15.6 Å². The smallest absolute Gasteiger partial charge is 0.454 e. The normalized spacial score (nSPS) is 34.1. The highest BCUT2D eigenvalue weighted by Crippen LogP contribution is 2.60. The Kier molecular flexibility index (Phi) is 8.70. The van der Waals surface area contributed by atoms with E-state index in [2.05, 4.69) is 33.0 Å². The van der Waals surface area contributed by atoms with Gasteiger partial charge in [0.25, 0.3) is 0 Å². The van der Waals surface area contributed by atoms with E-state index in [1.807, 2.05) is 0 Å². The standard InChI is InChI=1S/C17H25N5O15P2/c1-6(23)34-13-11(25)8(36-17(13)27)3-33-39(30,31)37-38(28,29)32-2-7-10(24)12(26)16(35-7)22-5-21-9-14(18)19-4-20-15(9)22/h4-5,7-8,10-13,16-17,24-27H,2-3H2,1H3,(H,28,29)(H,30,31)(H2,18,19,20)/t7-,8-,10?,11+,12?,13?,16-,17?/m1/s1. The van der Waals surface area contributed by atoms with E-state index in [0.29, 0.717) is 0 Å². The van der Waals surface area contributed by atoms with Gasteiger partial charge in [0.2, 0.25) is 0 Å². The summed E-state index contributed by atoms with van der Waals surface area (Å²) in [7, 11) is -10.7. The first kappa shape index (κ1) is 29.8. The van der Waals surface area contributed by atoms with Crippen molar-refractivity contribution >= 4 is 38.6 Å². The number of imidazole rings is 1. The Hall–Kier alpha value is -2.16. The van der Waals surface area contributed by atoms with Crippen LogP contribution < -0.4 is 5.73 Å². The fourth-order valence-corrected chi connectivity index (χ4v) is 5.93. The molecule has 218 valence electrons. The van der Waals surface area contributed by atoms with Gasteiger partial charge < -0.3 is 50.2 Å². The molecule has 6 unspecified atom stereocenters. The molecule has 0 aliphatic carbocycles. The molecule has 10 atom stereocenters. The molecule has 4 heterocycles. The molecule has 2 aromatic rings. The molecule has 2 fully saturated rings. The maximum absolute atomic E-state index is 12.3. The summed E-state index contributed by atoms with van der Waals surface area (Å²) in [5.41, 5.74) is 6.08. The number of phosphoric ester groups is 2. The first-order chi connectivity index (χ1) is 18.2. The predicted octanol–water partition coefficient (Wildman–Crippen LogP) is -2.71. The Morgan fingerprint density at radius 2 is 1.62 bits per heavy atom. The number of fused-ring (bicyclic) bond motifs is 1. The number of rotatable bonds is 10. The minimum absolute atomic E-state index is 0.0510. The van der Waals surface area contributed by atoms with Crippen molar-refractivity contribution in [2.24, 2.45) is 0 Å². The molecule has 2 aromatic heterocycles. The molecule has 0 saturated carbocycles. The van der Waals surface area contributed by atoms with E-state index in [9.17, 15) is 44.1 Å². The Bertz CT molecular complexity index is 1300. The van der Waals surface area contributed by atoms with E-state index in [-0.39, 0.29) is 17.0 Å². The third kappa shape index (κ3) is 6.60. The molecule has 4 rings (SSSR count). The van der Waals surface area contributed by atoms with Gasteiger partial charge in [0.15, 0.2) is 30.1 Å². The second-order valence-electron chi connectivity index (χ2n) is 8.37. The monoisotopic (exact) mass is 601 g/mol. The van der Waals surface area contributed by atoms with Crippen LogP contribution in [0, 0.1) is 0 Å². The summed E-state index contributed by atoms with van der Waals surface area (Å²) in [6, 6.07) is 0. The van der Waals surface area contributed by atoms with E-state index >= 15 is 0 Å². The summed E-state index contributed by atoms with van der Waals surface area (Å²) >= 11 is 0. The molecule has 2 saturated heterocycles. The van der Waals surface area contributed by atoms with Gasteiger partial charge in [-0.1, -0.05) is 0 Å². The zero-order valence-corrected chi connectivity index (χ0v) is 21.6. The Balaban J connectivity index is 1.32. The van der Waals surface area contributed by atoms with Crippen LogP contribution in [0.4, 0.5) is 5.82 Å². The summed E-state index contributed by atoms with van der Waals surface area (Å²) < 4.78 is 54.1. The first-order valence-electron chi connectivity index (χ1n) is 11.0. The fourth-order valence-electron chi connectivity index (χ4n) is 3.84. The molecule has 20 nitrogen and oxygen atoms in total. The number of ether oxygens (including phenoxy) is 3. The molecular formula is C17H25N5O15P2. The average Bonchev–Trinajstić information content (AvgIpc) is 3.47. The van der Waals surface area contributed by atoms with Crippen molar-refractivity contribution in [1.82, 2.24) is 19.5 Å². The molecular weight excluding hydrogens is 576 g/mol. The molecule has 2 aliphatic rings. The van der Waals surface area contributed by atoms with Gasteiger partial charge in [0.05, 0.1) is 19.5 Å². The number of aromatic nitrogens is 4. The van der Waals surface area contributed by atoms with Crippen molar-refractivity contribution < 1.29 is 71.7 Å². The van der Waals surface area contributed by atoms with Gasteiger partial charge in [0.1, 0.15) is 42.4 Å². The maximum atomic E-state index is 12.3.